The molecule has 2 unspecified atom stereocenters. The van der Waals surface area contributed by atoms with Gasteiger partial charge in [0.2, 0.25) is 0 Å². The summed E-state index contributed by atoms with van der Waals surface area (Å²) < 4.78 is 35.2. The number of unbranched alkanes of at least 4 members (excludes halogenated alkanes) is 12. The molecule has 5 rings (SSSR count). The van der Waals surface area contributed by atoms with Crippen molar-refractivity contribution in [2.75, 3.05) is 72.5 Å². The topological polar surface area (TPSA) is 75.7 Å². The maximum Gasteiger partial charge on any atom is 0.508 e. The molecule has 3 saturated carbocycles. The second-order valence-electron chi connectivity index (χ2n) is 22.4. The molecule has 0 aromatic carbocycles. The van der Waals surface area contributed by atoms with E-state index in [0.29, 0.717) is 31.8 Å². The molecule has 1 heterocycles. The van der Waals surface area contributed by atoms with Crippen molar-refractivity contribution in [3.63, 3.8) is 0 Å². The molecule has 0 N–H and O–H groups in total. The van der Waals surface area contributed by atoms with E-state index in [2.05, 4.69) is 64.7 Å². The van der Waals surface area contributed by atoms with Crippen LogP contribution in [0.25, 0.3) is 0 Å². The van der Waals surface area contributed by atoms with E-state index in [1.54, 1.807) is 5.57 Å². The first-order valence-corrected chi connectivity index (χ1v) is 27.9. The van der Waals surface area contributed by atoms with Gasteiger partial charge in [-0.3, -0.25) is 4.90 Å². The molecule has 0 amide bonds. The van der Waals surface area contributed by atoms with Crippen molar-refractivity contribution in [2.45, 2.75) is 214 Å². The van der Waals surface area contributed by atoms with Gasteiger partial charge >= 0.3 is 6.16 Å². The minimum absolute atomic E-state index is 0.00832. The minimum Gasteiger partial charge on any atom is -0.432 e. The first-order valence-electron chi connectivity index (χ1n) is 27.9. The number of carbonyl (C=O) groups is 1. The highest BCUT2D eigenvalue weighted by atomic mass is 16.7. The van der Waals surface area contributed by atoms with Crippen molar-refractivity contribution in [3.05, 3.63) is 23.8 Å². The Hall–Kier alpha value is -1.45. The van der Waals surface area contributed by atoms with E-state index in [-0.39, 0.29) is 24.2 Å². The van der Waals surface area contributed by atoms with Gasteiger partial charge in [0.1, 0.15) is 12.7 Å². The zero-order valence-electron chi connectivity index (χ0n) is 43.1. The molecule has 1 saturated heterocycles. The summed E-state index contributed by atoms with van der Waals surface area (Å²) in [4.78, 5) is 15.2. The normalized spacial score (nSPS) is 29.0. The zero-order valence-corrected chi connectivity index (χ0v) is 43.1. The predicted octanol–water partition coefficient (Wildman–Crippen LogP) is 14.3. The number of morpholine rings is 1. The molecule has 1 aliphatic heterocycles. The number of ether oxygens (including phenoxy) is 6. The Bertz CT molecular complexity index is 1350. The van der Waals surface area contributed by atoms with Gasteiger partial charge in [0, 0.05) is 32.7 Å². The fourth-order valence-electron chi connectivity index (χ4n) is 13.4. The van der Waals surface area contributed by atoms with Crippen LogP contribution in [-0.2, 0) is 28.4 Å². The van der Waals surface area contributed by atoms with Crippen LogP contribution >= 0.6 is 0 Å². The monoisotopic (exact) mass is 912 g/mol. The quantitative estimate of drug-likeness (QED) is 0.0366. The number of fused-ring (bicyclic) bond motifs is 5. The highest BCUT2D eigenvalue weighted by molar-refractivity contribution is 5.60. The Labute approximate surface area is 399 Å². The third kappa shape index (κ3) is 18.1. The minimum atomic E-state index is -0.565. The first-order chi connectivity index (χ1) is 31.6. The summed E-state index contributed by atoms with van der Waals surface area (Å²) in [5, 5.41) is 0. The molecule has 4 aliphatic carbocycles. The van der Waals surface area contributed by atoms with Crippen LogP contribution in [0.15, 0.2) is 23.8 Å². The van der Waals surface area contributed by atoms with E-state index in [0.717, 1.165) is 101 Å². The predicted molar refractivity (Wildman–Crippen MR) is 267 cm³/mol. The molecule has 65 heavy (non-hydrogen) atoms. The largest absolute Gasteiger partial charge is 0.508 e. The van der Waals surface area contributed by atoms with E-state index in [9.17, 15) is 4.79 Å². The van der Waals surface area contributed by atoms with Gasteiger partial charge < -0.3 is 28.4 Å². The Kier molecular flexibility index (Phi) is 25.3. The van der Waals surface area contributed by atoms with Gasteiger partial charge in [-0.05, 0) is 123 Å². The smallest absolute Gasteiger partial charge is 0.432 e. The number of carbonyl (C=O) groups excluding carboxylic acids is 1. The van der Waals surface area contributed by atoms with Crippen molar-refractivity contribution in [2.24, 2.45) is 46.3 Å². The lowest BCUT2D eigenvalue weighted by Crippen LogP contribution is -2.51. The number of allylic oxidation sites excluding steroid dienone is 3. The molecule has 8 nitrogen and oxygen atoms in total. The van der Waals surface area contributed by atoms with Crippen LogP contribution in [0.3, 0.4) is 0 Å². The van der Waals surface area contributed by atoms with Crippen LogP contribution in [0.1, 0.15) is 202 Å². The summed E-state index contributed by atoms with van der Waals surface area (Å²) in [5.41, 5.74) is 2.29. The third-order valence-corrected chi connectivity index (χ3v) is 17.2. The van der Waals surface area contributed by atoms with Crippen LogP contribution in [0.2, 0.25) is 0 Å². The van der Waals surface area contributed by atoms with E-state index in [1.807, 2.05) is 0 Å². The summed E-state index contributed by atoms with van der Waals surface area (Å²) in [6, 6.07) is 0. The van der Waals surface area contributed by atoms with Gasteiger partial charge in [-0.1, -0.05) is 142 Å². The molecule has 4 fully saturated rings. The molecule has 376 valence electrons. The number of nitrogens with zero attached hydrogens (tertiary/aromatic N) is 1. The molecule has 0 aromatic heterocycles. The fourth-order valence-corrected chi connectivity index (χ4v) is 13.4. The fraction of sp³-hybridized carbons (Fsp3) is 0.912. The standard InChI is InChI=1S/C57H101NO7/c1-7-8-9-10-11-12-13-14-15-16-17-18-19-20-21-22-36-62-45-50(44-58-34-37-60-38-35-58)63-41-39-61-40-42-64-55(59)65-49-30-32-56(5)48(43-49)26-27-51-53-29-28-52(47(4)25-23-24-46(2)3)57(53,6)33-31-54(51)56/h14-15,26,46-47,49-54H,7-13,16-25,27-45H2,1-6H3/b15-14-/t47-,49+,50?,51+,52+,53+,54?,56+,57-/m1/s1. The van der Waals surface area contributed by atoms with Crippen LogP contribution in [0.4, 0.5) is 4.79 Å². The number of hydrogen-bond donors (Lipinski definition) is 0. The molecule has 0 radical (unpaired) electrons. The maximum atomic E-state index is 12.8. The lowest BCUT2D eigenvalue weighted by atomic mass is 9.47. The van der Waals surface area contributed by atoms with Gasteiger partial charge in [0.05, 0.1) is 45.7 Å². The van der Waals surface area contributed by atoms with Crippen LogP contribution in [-0.4, -0.2) is 95.8 Å². The lowest BCUT2D eigenvalue weighted by molar-refractivity contribution is -0.0679. The SMILES string of the molecule is CCCCCCCC/C=C\CCCCCCCCOCC(CN1CCOCC1)OCCOCCOC(=O)O[C@H]1CC[C@@]2(C)C(=CC[C@@H]3C2CC[C@]2(C)[C@H]([C@H](C)CCCC(C)C)CC[C@@H]32)C1. The van der Waals surface area contributed by atoms with E-state index >= 15 is 0 Å². The van der Waals surface area contributed by atoms with Gasteiger partial charge in [0.25, 0.3) is 0 Å². The van der Waals surface area contributed by atoms with Gasteiger partial charge in [-0.15, -0.1) is 0 Å². The van der Waals surface area contributed by atoms with E-state index in [4.69, 9.17) is 28.4 Å². The number of rotatable bonds is 33. The van der Waals surface area contributed by atoms with Gasteiger partial charge in [-0.25, -0.2) is 4.79 Å². The van der Waals surface area contributed by atoms with Crippen molar-refractivity contribution in [1.82, 2.24) is 4.90 Å². The second kappa shape index (κ2) is 30.2. The maximum absolute atomic E-state index is 12.8. The molecular formula is C57H101NO7. The molecule has 9 atom stereocenters. The third-order valence-electron chi connectivity index (χ3n) is 17.2. The van der Waals surface area contributed by atoms with E-state index in [1.165, 1.54) is 135 Å². The van der Waals surface area contributed by atoms with Gasteiger partial charge in [-0.2, -0.15) is 0 Å². The molecular weight excluding hydrogens is 811 g/mol. The van der Waals surface area contributed by atoms with Crippen molar-refractivity contribution in [1.29, 1.82) is 0 Å². The molecule has 0 spiro atoms. The molecule has 5 aliphatic rings. The molecule has 0 aromatic rings. The lowest BCUT2D eigenvalue weighted by Gasteiger charge is -2.58. The second-order valence-corrected chi connectivity index (χ2v) is 22.4. The molecule has 0 bridgehead atoms. The summed E-state index contributed by atoms with van der Waals surface area (Å²) in [5.74, 6) is 4.97. The van der Waals surface area contributed by atoms with Crippen molar-refractivity contribution in [3.8, 4) is 0 Å². The van der Waals surface area contributed by atoms with Crippen LogP contribution in [0, 0.1) is 46.3 Å². The Morgan fingerprint density at radius 1 is 0.769 bits per heavy atom. The Morgan fingerprint density at radius 3 is 2.22 bits per heavy atom. The summed E-state index contributed by atoms with van der Waals surface area (Å²) in [6.45, 7) is 21.9. The van der Waals surface area contributed by atoms with Crippen LogP contribution < -0.4 is 0 Å². The first kappa shape index (κ1) is 54.5. The molecule has 8 heteroatoms. The Morgan fingerprint density at radius 2 is 1.48 bits per heavy atom. The summed E-state index contributed by atoms with van der Waals surface area (Å²) in [7, 11) is 0. The number of hydrogen-bond acceptors (Lipinski definition) is 8. The Balaban J connectivity index is 0.899. The summed E-state index contributed by atoms with van der Waals surface area (Å²) in [6.07, 6.45) is 38.9. The summed E-state index contributed by atoms with van der Waals surface area (Å²) >= 11 is 0. The van der Waals surface area contributed by atoms with Crippen molar-refractivity contribution < 1.29 is 33.2 Å². The van der Waals surface area contributed by atoms with Crippen LogP contribution in [0.5, 0.6) is 0 Å². The van der Waals surface area contributed by atoms with Gasteiger partial charge in [0.15, 0.2) is 0 Å². The average Bonchev–Trinajstić information content (AvgIpc) is 3.66. The van der Waals surface area contributed by atoms with E-state index < -0.39 is 6.16 Å². The van der Waals surface area contributed by atoms with Crippen molar-refractivity contribution >= 4 is 6.16 Å². The highest BCUT2D eigenvalue weighted by Gasteiger charge is 2.59. The highest BCUT2D eigenvalue weighted by Crippen LogP contribution is 2.67. The average molecular weight is 912 g/mol. The zero-order chi connectivity index (χ0) is 46.2.